The van der Waals surface area contributed by atoms with Gasteiger partial charge in [-0.3, -0.25) is 13.6 Å². The van der Waals surface area contributed by atoms with Crippen molar-refractivity contribution < 1.29 is 37.6 Å². The minimum atomic E-state index is -3.97. The van der Waals surface area contributed by atoms with Gasteiger partial charge in [-0.1, -0.05) is 0 Å². The minimum Gasteiger partial charge on any atom is -0.480 e. The number of amides is 1. The van der Waals surface area contributed by atoms with Crippen LogP contribution < -0.4 is 5.32 Å². The monoisotopic (exact) mass is 369 g/mol. The lowest BCUT2D eigenvalue weighted by molar-refractivity contribution is -0.140. The average molecular weight is 369 g/mol. The Bertz CT molecular complexity index is 458. The van der Waals surface area contributed by atoms with Crippen LogP contribution in [0.5, 0.6) is 0 Å². The third kappa shape index (κ3) is 10.6. The molecular formula is C14H28NO8P. The second-order valence-corrected chi connectivity index (χ2v) is 8.16. The summed E-state index contributed by atoms with van der Waals surface area (Å²) < 4.78 is 32.8. The Labute approximate surface area is 142 Å². The number of hydrogen-bond donors (Lipinski definition) is 2. The molecule has 9 nitrogen and oxygen atoms in total. The number of phosphoric ester groups is 1. The number of hydrogen-bond acceptors (Lipinski definition) is 7. The molecule has 0 saturated carbocycles. The van der Waals surface area contributed by atoms with Gasteiger partial charge in [-0.05, 0) is 48.5 Å². The molecule has 0 fully saturated rings. The first-order chi connectivity index (χ1) is 10.7. The van der Waals surface area contributed by atoms with Gasteiger partial charge in [-0.25, -0.2) is 14.2 Å². The van der Waals surface area contributed by atoms with E-state index in [1.54, 1.807) is 48.5 Å². The molecule has 0 radical (unpaired) electrons. The maximum atomic E-state index is 12.5. The van der Waals surface area contributed by atoms with E-state index in [9.17, 15) is 14.2 Å². The number of alkyl carbamates (subject to hydrolysis) is 1. The second-order valence-electron chi connectivity index (χ2n) is 6.59. The van der Waals surface area contributed by atoms with E-state index in [0.29, 0.717) is 0 Å². The van der Waals surface area contributed by atoms with Crippen molar-refractivity contribution in [2.75, 3.05) is 6.61 Å². The number of carboxylic acid groups (broad SMARTS) is 1. The summed E-state index contributed by atoms with van der Waals surface area (Å²) in [7, 11) is -3.97. The van der Waals surface area contributed by atoms with Crippen LogP contribution in [0.1, 0.15) is 48.5 Å². The van der Waals surface area contributed by atoms with Crippen LogP contribution in [0.15, 0.2) is 0 Å². The molecule has 0 aromatic heterocycles. The molecule has 0 spiro atoms. The fourth-order valence-electron chi connectivity index (χ4n) is 1.39. The molecule has 0 aliphatic rings. The fraction of sp³-hybridized carbons (Fsp3) is 0.857. The van der Waals surface area contributed by atoms with Gasteiger partial charge in [0.2, 0.25) is 0 Å². The lowest BCUT2D eigenvalue weighted by atomic mass is 10.2. The van der Waals surface area contributed by atoms with Crippen molar-refractivity contribution in [2.45, 2.75) is 72.3 Å². The number of carbonyl (C=O) groups is 2. The van der Waals surface area contributed by atoms with Crippen molar-refractivity contribution in [3.8, 4) is 0 Å². The third-order valence-corrected chi connectivity index (χ3v) is 3.89. The third-order valence-electron chi connectivity index (χ3n) is 2.07. The zero-order valence-electron chi connectivity index (χ0n) is 15.2. The molecule has 2 N–H and O–H groups in total. The zero-order valence-corrected chi connectivity index (χ0v) is 16.1. The summed E-state index contributed by atoms with van der Waals surface area (Å²) in [5.41, 5.74) is -0.787. The minimum absolute atomic E-state index is 0.461. The fourth-order valence-corrected chi connectivity index (χ4v) is 2.93. The number of ether oxygens (including phenoxy) is 1. The van der Waals surface area contributed by atoms with Gasteiger partial charge in [0.05, 0.1) is 18.8 Å². The number of aliphatic carboxylic acids is 1. The average Bonchev–Trinajstić information content (AvgIpc) is 2.29. The van der Waals surface area contributed by atoms with E-state index < -0.39 is 50.3 Å². The van der Waals surface area contributed by atoms with Crippen LogP contribution in [-0.2, 0) is 27.7 Å². The van der Waals surface area contributed by atoms with E-state index in [0.717, 1.165) is 0 Å². The number of carboxylic acids is 1. The highest BCUT2D eigenvalue weighted by Gasteiger charge is 2.33. The summed E-state index contributed by atoms with van der Waals surface area (Å²) in [5, 5.41) is 11.3. The van der Waals surface area contributed by atoms with E-state index in [4.69, 9.17) is 23.4 Å². The Hall–Kier alpha value is -1.15. The van der Waals surface area contributed by atoms with Crippen molar-refractivity contribution in [2.24, 2.45) is 0 Å². The van der Waals surface area contributed by atoms with Crippen LogP contribution in [0.25, 0.3) is 0 Å². The Morgan fingerprint density at radius 1 is 1.08 bits per heavy atom. The number of rotatable bonds is 9. The van der Waals surface area contributed by atoms with Crippen LogP contribution in [0.4, 0.5) is 4.79 Å². The van der Waals surface area contributed by atoms with E-state index in [-0.39, 0.29) is 0 Å². The molecule has 1 atom stereocenters. The van der Waals surface area contributed by atoms with Crippen LogP contribution in [0.3, 0.4) is 0 Å². The van der Waals surface area contributed by atoms with Gasteiger partial charge in [0.15, 0.2) is 6.04 Å². The van der Waals surface area contributed by atoms with Gasteiger partial charge in [-0.2, -0.15) is 0 Å². The first-order valence-corrected chi connectivity index (χ1v) is 9.04. The molecule has 0 saturated heterocycles. The van der Waals surface area contributed by atoms with Crippen LogP contribution in [-0.4, -0.2) is 47.6 Å². The topological polar surface area (TPSA) is 120 Å². The summed E-state index contributed by atoms with van der Waals surface area (Å²) >= 11 is 0. The Morgan fingerprint density at radius 3 is 1.88 bits per heavy atom. The van der Waals surface area contributed by atoms with Gasteiger partial charge in [-0.15, -0.1) is 0 Å². The van der Waals surface area contributed by atoms with Gasteiger partial charge in [0.1, 0.15) is 5.60 Å². The van der Waals surface area contributed by atoms with Crippen molar-refractivity contribution >= 4 is 19.9 Å². The molecule has 0 aliphatic heterocycles. The molecule has 0 aromatic rings. The van der Waals surface area contributed by atoms with Crippen molar-refractivity contribution in [3.63, 3.8) is 0 Å². The summed E-state index contributed by atoms with van der Waals surface area (Å²) in [4.78, 5) is 22.9. The summed E-state index contributed by atoms with van der Waals surface area (Å²) in [6.07, 6.45) is -1.85. The summed E-state index contributed by atoms with van der Waals surface area (Å²) in [6.45, 7) is 10.8. The van der Waals surface area contributed by atoms with E-state index >= 15 is 0 Å². The zero-order chi connectivity index (χ0) is 19.1. The molecular weight excluding hydrogens is 341 g/mol. The highest BCUT2D eigenvalue weighted by Crippen LogP contribution is 2.51. The quantitative estimate of drug-likeness (QED) is 0.595. The molecule has 142 valence electrons. The predicted molar refractivity (Wildman–Crippen MR) is 86.8 cm³/mol. The largest absolute Gasteiger partial charge is 0.480 e. The Kier molecular flexibility index (Phi) is 8.91. The molecule has 1 amide bonds. The van der Waals surface area contributed by atoms with E-state index in [2.05, 4.69) is 5.32 Å². The van der Waals surface area contributed by atoms with Gasteiger partial charge in [0, 0.05) is 0 Å². The maximum Gasteiger partial charge on any atom is 0.475 e. The molecule has 0 unspecified atom stereocenters. The van der Waals surface area contributed by atoms with Gasteiger partial charge in [0.25, 0.3) is 0 Å². The lowest BCUT2D eigenvalue weighted by Gasteiger charge is -2.24. The molecule has 24 heavy (non-hydrogen) atoms. The van der Waals surface area contributed by atoms with Crippen molar-refractivity contribution in [3.05, 3.63) is 0 Å². The molecule has 0 rings (SSSR count). The van der Waals surface area contributed by atoms with Crippen LogP contribution >= 0.6 is 7.82 Å². The van der Waals surface area contributed by atoms with Crippen molar-refractivity contribution in [1.82, 2.24) is 5.32 Å². The van der Waals surface area contributed by atoms with E-state index in [1.807, 2.05) is 0 Å². The highest BCUT2D eigenvalue weighted by atomic mass is 31.2. The normalized spacial score (nSPS) is 13.9. The molecule has 0 aliphatic carbocycles. The maximum absolute atomic E-state index is 12.5. The molecule has 0 heterocycles. The molecule has 0 aromatic carbocycles. The SMILES string of the molecule is CC(C)OP(=O)(OC[C@H](NC(=O)OC(C)(C)C)C(=O)O)OC(C)C. The predicted octanol–water partition coefficient (Wildman–Crippen LogP) is 2.94. The standard InChI is InChI=1S/C14H28NO8P/c1-9(2)22-24(19,23-10(3)4)20-8-11(12(16)17)15-13(18)21-14(5,6)7/h9-11H,8H2,1-7H3,(H,15,18)(H,16,17)/t11-/m0/s1. The van der Waals surface area contributed by atoms with Gasteiger partial charge >= 0.3 is 19.9 Å². The first kappa shape index (κ1) is 22.9. The molecule has 10 heteroatoms. The summed E-state index contributed by atoms with van der Waals surface area (Å²) in [6, 6.07) is -1.47. The lowest BCUT2D eigenvalue weighted by Crippen LogP contribution is -2.46. The number of nitrogens with one attached hydrogen (secondary N) is 1. The Balaban J connectivity index is 4.89. The smallest absolute Gasteiger partial charge is 0.475 e. The molecule has 0 bridgehead atoms. The van der Waals surface area contributed by atoms with Crippen LogP contribution in [0, 0.1) is 0 Å². The Morgan fingerprint density at radius 2 is 1.54 bits per heavy atom. The first-order valence-electron chi connectivity index (χ1n) is 7.58. The number of carbonyl (C=O) groups excluding carboxylic acids is 1. The van der Waals surface area contributed by atoms with Crippen LogP contribution in [0.2, 0.25) is 0 Å². The van der Waals surface area contributed by atoms with E-state index in [1.165, 1.54) is 0 Å². The highest BCUT2D eigenvalue weighted by molar-refractivity contribution is 7.48. The van der Waals surface area contributed by atoms with Crippen molar-refractivity contribution in [1.29, 1.82) is 0 Å². The summed E-state index contributed by atoms with van der Waals surface area (Å²) in [5.74, 6) is -1.37. The van der Waals surface area contributed by atoms with Gasteiger partial charge < -0.3 is 15.2 Å². The second kappa shape index (κ2) is 9.36. The number of phosphoric acid groups is 1.